The summed E-state index contributed by atoms with van der Waals surface area (Å²) in [6.45, 7) is 6.48. The number of carbonyl (C=O) groups excluding carboxylic acids is 1. The fourth-order valence-corrected chi connectivity index (χ4v) is 4.70. The molecule has 1 fully saturated rings. The molecule has 1 N–H and O–H groups in total. The van der Waals surface area contributed by atoms with Gasteiger partial charge in [-0.3, -0.25) is 9.78 Å². The molecule has 15 heteroatoms. The van der Waals surface area contributed by atoms with Gasteiger partial charge in [0.15, 0.2) is 11.2 Å². The van der Waals surface area contributed by atoms with Gasteiger partial charge in [0, 0.05) is 38.9 Å². The number of rotatable bonds is 10. The highest BCUT2D eigenvalue weighted by Gasteiger charge is 2.18. The largest absolute Gasteiger partial charge is 0.494 e. The normalized spacial score (nSPS) is 14.9. The maximum Gasteiger partial charge on any atom is 0.356 e. The van der Waals surface area contributed by atoms with E-state index < -0.39 is 21.6 Å². The zero-order valence-corrected chi connectivity index (χ0v) is 23.0. The number of fused-ring (bicyclic) bond motifs is 1. The molecule has 0 spiro atoms. The minimum Gasteiger partial charge on any atom is -0.494 e. The fraction of sp³-hybridized carbons (Fsp3) is 0.400. The average molecular weight is 571 g/mol. The van der Waals surface area contributed by atoms with Gasteiger partial charge in [-0.25, -0.2) is 14.5 Å². The van der Waals surface area contributed by atoms with Crippen molar-refractivity contribution < 1.29 is 22.1 Å². The van der Waals surface area contributed by atoms with Crippen molar-refractivity contribution in [2.45, 2.75) is 13.0 Å². The zero-order chi connectivity index (χ0) is 28.3. The number of hydrogen-bond donors (Lipinski definition) is 1. The third-order valence-corrected chi connectivity index (χ3v) is 6.94. The second-order valence-electron chi connectivity index (χ2n) is 9.67. The smallest absolute Gasteiger partial charge is 0.356 e. The van der Waals surface area contributed by atoms with Crippen molar-refractivity contribution in [3.63, 3.8) is 0 Å². The number of imidazole rings is 1. The fourth-order valence-electron chi connectivity index (χ4n) is 4.33. The van der Waals surface area contributed by atoms with E-state index in [2.05, 4.69) is 41.1 Å². The Hall–Kier alpha value is -4.08. The van der Waals surface area contributed by atoms with Crippen LogP contribution in [0.5, 0.6) is 5.75 Å². The van der Waals surface area contributed by atoms with Gasteiger partial charge >= 0.3 is 16.1 Å². The number of ether oxygens (including phenoxy) is 1. The molecular formula is C25H30N8O6S. The average Bonchev–Trinajstić information content (AvgIpc) is 3.56. The number of piperazine rings is 1. The molecule has 1 aliphatic heterocycles. The first-order valence-corrected chi connectivity index (χ1v) is 14.5. The molecule has 14 nitrogen and oxygen atoms in total. The Morgan fingerprint density at radius 3 is 2.60 bits per heavy atom. The molecule has 0 aliphatic carbocycles. The first-order chi connectivity index (χ1) is 19.1. The molecule has 4 heterocycles. The summed E-state index contributed by atoms with van der Waals surface area (Å²) in [5, 5.41) is 3.99. The lowest BCUT2D eigenvalue weighted by Gasteiger charge is -2.32. The Kier molecular flexibility index (Phi) is 7.95. The molecule has 0 atom stereocenters. The SMILES string of the molecule is CN1CCN(CCCOc2ccc(Cn3cnc4c(=O)[nH]c(-n5cc(C(=O)OS(C)(=O)=O)cn5)nc43)cc2)CC1. The first-order valence-electron chi connectivity index (χ1n) is 12.7. The monoisotopic (exact) mass is 570 g/mol. The summed E-state index contributed by atoms with van der Waals surface area (Å²) in [6.07, 6.45) is 5.58. The minimum atomic E-state index is -3.99. The number of aromatic nitrogens is 6. The lowest BCUT2D eigenvalue weighted by Crippen LogP contribution is -2.44. The number of nitrogens with one attached hydrogen (secondary N) is 1. The van der Waals surface area contributed by atoms with Gasteiger partial charge in [-0.05, 0) is 31.2 Å². The van der Waals surface area contributed by atoms with Crippen LogP contribution in [0.1, 0.15) is 22.3 Å². The van der Waals surface area contributed by atoms with Crippen LogP contribution in [0, 0.1) is 0 Å². The highest BCUT2D eigenvalue weighted by Crippen LogP contribution is 2.16. The zero-order valence-electron chi connectivity index (χ0n) is 22.2. The molecule has 1 saturated heterocycles. The highest BCUT2D eigenvalue weighted by atomic mass is 32.2. The molecule has 4 aromatic rings. The molecule has 0 unspecified atom stereocenters. The maximum atomic E-state index is 12.6. The van der Waals surface area contributed by atoms with E-state index >= 15 is 0 Å². The van der Waals surface area contributed by atoms with Crippen LogP contribution in [0.15, 0.2) is 47.8 Å². The Balaban J connectivity index is 1.23. The summed E-state index contributed by atoms with van der Waals surface area (Å²) in [6, 6.07) is 7.72. The van der Waals surface area contributed by atoms with Gasteiger partial charge in [0.25, 0.3) is 5.56 Å². The van der Waals surface area contributed by atoms with Gasteiger partial charge in [0.1, 0.15) is 5.75 Å². The number of carbonyl (C=O) groups is 1. The van der Waals surface area contributed by atoms with Gasteiger partial charge in [-0.2, -0.15) is 18.5 Å². The van der Waals surface area contributed by atoms with Crippen LogP contribution in [0.2, 0.25) is 0 Å². The second kappa shape index (κ2) is 11.6. The number of likely N-dealkylation sites (N-methyl/N-ethyl adjacent to an activating group) is 1. The number of H-pyrrole nitrogens is 1. The van der Waals surface area contributed by atoms with Crippen molar-refractivity contribution in [1.29, 1.82) is 0 Å². The molecule has 212 valence electrons. The van der Waals surface area contributed by atoms with Gasteiger partial charge < -0.3 is 23.3 Å². The van der Waals surface area contributed by atoms with Crippen molar-refractivity contribution in [3.8, 4) is 11.7 Å². The van der Waals surface area contributed by atoms with Crippen LogP contribution in [0.25, 0.3) is 17.1 Å². The molecule has 3 aromatic heterocycles. The van der Waals surface area contributed by atoms with Crippen LogP contribution in [-0.2, 0) is 20.8 Å². The van der Waals surface area contributed by atoms with Crippen LogP contribution in [-0.4, -0.2) is 106 Å². The molecule has 0 radical (unpaired) electrons. The molecule has 0 saturated carbocycles. The number of aromatic amines is 1. The highest BCUT2D eigenvalue weighted by molar-refractivity contribution is 7.86. The van der Waals surface area contributed by atoms with E-state index in [0.717, 1.165) is 67.6 Å². The van der Waals surface area contributed by atoms with Crippen molar-refractivity contribution in [1.82, 2.24) is 39.1 Å². The van der Waals surface area contributed by atoms with E-state index in [1.54, 1.807) is 4.57 Å². The van der Waals surface area contributed by atoms with E-state index in [4.69, 9.17) is 4.74 Å². The quantitative estimate of drug-likeness (QED) is 0.209. The Morgan fingerprint density at radius 2 is 1.88 bits per heavy atom. The third kappa shape index (κ3) is 6.73. The van der Waals surface area contributed by atoms with E-state index in [1.807, 2.05) is 24.3 Å². The summed E-state index contributed by atoms with van der Waals surface area (Å²) >= 11 is 0. The lowest BCUT2D eigenvalue weighted by atomic mass is 10.2. The van der Waals surface area contributed by atoms with Crippen LogP contribution in [0.3, 0.4) is 0 Å². The van der Waals surface area contributed by atoms with Crippen molar-refractivity contribution in [2.75, 3.05) is 52.6 Å². The molecule has 0 bridgehead atoms. The third-order valence-electron chi connectivity index (χ3n) is 6.48. The summed E-state index contributed by atoms with van der Waals surface area (Å²) in [7, 11) is -1.84. The number of hydrogen-bond acceptors (Lipinski definition) is 11. The topological polar surface area (TPSA) is 158 Å². The second-order valence-corrected chi connectivity index (χ2v) is 11.2. The summed E-state index contributed by atoms with van der Waals surface area (Å²) < 4.78 is 35.6. The Morgan fingerprint density at radius 1 is 1.12 bits per heavy atom. The number of nitrogens with zero attached hydrogens (tertiary/aromatic N) is 7. The van der Waals surface area contributed by atoms with E-state index in [9.17, 15) is 18.0 Å². The molecular weight excluding hydrogens is 540 g/mol. The van der Waals surface area contributed by atoms with E-state index in [-0.39, 0.29) is 17.0 Å². The molecule has 5 rings (SSSR count). The van der Waals surface area contributed by atoms with Gasteiger partial charge in [0.2, 0.25) is 5.95 Å². The first kappa shape index (κ1) is 27.5. The van der Waals surface area contributed by atoms with Crippen molar-refractivity contribution >= 4 is 27.3 Å². The summed E-state index contributed by atoms with van der Waals surface area (Å²) in [4.78, 5) is 40.7. The molecule has 1 aromatic carbocycles. The van der Waals surface area contributed by atoms with E-state index in [0.29, 0.717) is 18.8 Å². The lowest BCUT2D eigenvalue weighted by molar-refractivity contribution is 0.0748. The molecule has 40 heavy (non-hydrogen) atoms. The molecule has 0 amide bonds. The minimum absolute atomic E-state index is 0.0259. The van der Waals surface area contributed by atoms with Gasteiger partial charge in [-0.15, -0.1) is 0 Å². The maximum absolute atomic E-state index is 12.6. The summed E-state index contributed by atoms with van der Waals surface area (Å²) in [5.41, 5.74) is 0.808. The van der Waals surface area contributed by atoms with Crippen LogP contribution >= 0.6 is 0 Å². The number of benzene rings is 1. The van der Waals surface area contributed by atoms with Crippen LogP contribution < -0.4 is 10.3 Å². The summed E-state index contributed by atoms with van der Waals surface area (Å²) in [5.74, 6) is -0.277. The molecule has 1 aliphatic rings. The van der Waals surface area contributed by atoms with Gasteiger partial charge in [-0.1, -0.05) is 12.1 Å². The van der Waals surface area contributed by atoms with Crippen LogP contribution in [0.4, 0.5) is 0 Å². The Labute approximate surface area is 230 Å². The van der Waals surface area contributed by atoms with Crippen molar-refractivity contribution in [2.24, 2.45) is 0 Å². The predicted octanol–water partition coefficient (Wildman–Crippen LogP) is 0.486. The van der Waals surface area contributed by atoms with Gasteiger partial charge in [0.05, 0.1) is 37.5 Å². The van der Waals surface area contributed by atoms with Crippen molar-refractivity contribution in [3.05, 3.63) is 64.5 Å². The Bertz CT molecular complexity index is 1650. The predicted molar refractivity (Wildman–Crippen MR) is 145 cm³/mol. The van der Waals surface area contributed by atoms with E-state index in [1.165, 1.54) is 12.5 Å². The standard InChI is InChI=1S/C25H30N8O6S/c1-30-9-11-31(12-10-30)8-3-13-38-20-6-4-18(5-7-20)15-32-17-26-21-22(32)28-25(29-23(21)34)33-16-19(14-27-33)24(35)39-40(2,36)37/h4-7,14,16-17H,3,8-13,15H2,1-2H3,(H,28,29,34).